The van der Waals surface area contributed by atoms with Gasteiger partial charge in [0.25, 0.3) is 0 Å². The number of carbonyl (C=O) groups is 2. The number of anilines is 1. The van der Waals surface area contributed by atoms with Gasteiger partial charge < -0.3 is 21.1 Å². The molecule has 0 bridgehead atoms. The molecule has 2 aromatic rings. The average molecular weight is 313 g/mol. The molecule has 23 heavy (non-hydrogen) atoms. The lowest BCUT2D eigenvalue weighted by atomic mass is 10.1. The zero-order chi connectivity index (χ0) is 16.8. The monoisotopic (exact) mass is 313 g/mol. The SMILES string of the molecule is COc1ccc(C(N)=O)cc1NC(=O)NCc1ccccc1C. The van der Waals surface area contributed by atoms with Crippen LogP contribution in [0.5, 0.6) is 5.75 Å². The van der Waals surface area contributed by atoms with Crippen LogP contribution >= 0.6 is 0 Å². The summed E-state index contributed by atoms with van der Waals surface area (Å²) < 4.78 is 5.17. The maximum atomic E-state index is 12.1. The summed E-state index contributed by atoms with van der Waals surface area (Å²) in [5.41, 5.74) is 8.05. The molecule has 0 saturated carbocycles. The van der Waals surface area contributed by atoms with Crippen molar-refractivity contribution < 1.29 is 14.3 Å². The van der Waals surface area contributed by atoms with Gasteiger partial charge in [0.1, 0.15) is 5.75 Å². The molecule has 0 radical (unpaired) electrons. The minimum atomic E-state index is -0.573. The second kappa shape index (κ2) is 7.31. The quantitative estimate of drug-likeness (QED) is 0.791. The lowest BCUT2D eigenvalue weighted by Crippen LogP contribution is -2.28. The van der Waals surface area contributed by atoms with E-state index in [-0.39, 0.29) is 0 Å². The number of primary amides is 1. The fourth-order valence-corrected chi connectivity index (χ4v) is 2.11. The van der Waals surface area contributed by atoms with Gasteiger partial charge in [-0.25, -0.2) is 4.79 Å². The van der Waals surface area contributed by atoms with Crippen LogP contribution < -0.4 is 21.1 Å². The number of rotatable bonds is 5. The molecular formula is C17H19N3O3. The van der Waals surface area contributed by atoms with Crippen molar-refractivity contribution >= 4 is 17.6 Å². The number of carbonyl (C=O) groups excluding carboxylic acids is 2. The highest BCUT2D eigenvalue weighted by molar-refractivity contribution is 5.97. The highest BCUT2D eigenvalue weighted by atomic mass is 16.5. The lowest BCUT2D eigenvalue weighted by Gasteiger charge is -2.13. The summed E-state index contributed by atoms with van der Waals surface area (Å²) in [5, 5.41) is 5.43. The Balaban J connectivity index is 2.06. The number of benzene rings is 2. The molecule has 2 aromatic carbocycles. The number of ether oxygens (including phenoxy) is 1. The van der Waals surface area contributed by atoms with Crippen molar-refractivity contribution in [2.24, 2.45) is 5.73 Å². The van der Waals surface area contributed by atoms with Crippen molar-refractivity contribution in [1.82, 2.24) is 5.32 Å². The van der Waals surface area contributed by atoms with Crippen LogP contribution in [0.25, 0.3) is 0 Å². The maximum absolute atomic E-state index is 12.1. The molecule has 0 saturated heterocycles. The smallest absolute Gasteiger partial charge is 0.319 e. The largest absolute Gasteiger partial charge is 0.495 e. The second-order valence-corrected chi connectivity index (χ2v) is 5.01. The number of hydrogen-bond acceptors (Lipinski definition) is 3. The number of amides is 3. The summed E-state index contributed by atoms with van der Waals surface area (Å²) in [7, 11) is 1.48. The first-order chi connectivity index (χ1) is 11.0. The van der Waals surface area contributed by atoms with Gasteiger partial charge in [-0.05, 0) is 36.2 Å². The van der Waals surface area contributed by atoms with Crippen LogP contribution in [0.15, 0.2) is 42.5 Å². The van der Waals surface area contributed by atoms with Gasteiger partial charge in [-0.1, -0.05) is 24.3 Å². The van der Waals surface area contributed by atoms with E-state index >= 15 is 0 Å². The number of aryl methyl sites for hydroxylation is 1. The number of nitrogens with one attached hydrogen (secondary N) is 2. The van der Waals surface area contributed by atoms with Crippen molar-refractivity contribution in [3.8, 4) is 5.75 Å². The summed E-state index contributed by atoms with van der Waals surface area (Å²) in [5.74, 6) is -0.128. The third kappa shape index (κ3) is 4.23. The Hall–Kier alpha value is -3.02. The summed E-state index contributed by atoms with van der Waals surface area (Å²) in [6, 6.07) is 12.0. The van der Waals surface area contributed by atoms with Gasteiger partial charge in [0.05, 0.1) is 12.8 Å². The predicted molar refractivity (Wildman–Crippen MR) is 88.5 cm³/mol. The Kier molecular flexibility index (Phi) is 5.19. The van der Waals surface area contributed by atoms with Crippen LogP contribution in [0, 0.1) is 6.92 Å². The molecular weight excluding hydrogens is 294 g/mol. The summed E-state index contributed by atoms with van der Waals surface area (Å²) in [6.07, 6.45) is 0. The van der Waals surface area contributed by atoms with E-state index in [0.717, 1.165) is 11.1 Å². The molecule has 0 spiro atoms. The summed E-state index contributed by atoms with van der Waals surface area (Å²) in [4.78, 5) is 23.3. The summed E-state index contributed by atoms with van der Waals surface area (Å²) in [6.45, 7) is 2.38. The Bertz CT molecular complexity index is 729. The van der Waals surface area contributed by atoms with Gasteiger partial charge in [0.15, 0.2) is 0 Å². The number of urea groups is 1. The predicted octanol–water partition coefficient (Wildman–Crippen LogP) is 2.42. The zero-order valence-corrected chi connectivity index (χ0v) is 13.1. The lowest BCUT2D eigenvalue weighted by molar-refractivity contribution is 0.1000. The molecule has 0 aliphatic carbocycles. The molecule has 0 heterocycles. The van der Waals surface area contributed by atoms with Crippen LogP contribution in [-0.2, 0) is 6.54 Å². The van der Waals surface area contributed by atoms with Gasteiger partial charge in [0, 0.05) is 12.1 Å². The van der Waals surface area contributed by atoms with Crippen molar-refractivity contribution in [2.45, 2.75) is 13.5 Å². The highest BCUT2D eigenvalue weighted by Crippen LogP contribution is 2.25. The minimum absolute atomic E-state index is 0.292. The first kappa shape index (κ1) is 16.4. The van der Waals surface area contributed by atoms with E-state index in [2.05, 4.69) is 10.6 Å². The Morgan fingerprint density at radius 3 is 2.57 bits per heavy atom. The van der Waals surface area contributed by atoms with E-state index in [1.165, 1.54) is 19.2 Å². The molecule has 0 aliphatic rings. The summed E-state index contributed by atoms with van der Waals surface area (Å²) >= 11 is 0. The van der Waals surface area contributed by atoms with Gasteiger partial charge in [-0.2, -0.15) is 0 Å². The molecule has 2 rings (SSSR count). The Morgan fingerprint density at radius 1 is 1.17 bits per heavy atom. The van der Waals surface area contributed by atoms with Gasteiger partial charge in [-0.3, -0.25) is 4.79 Å². The standard InChI is InChI=1S/C17H19N3O3/c1-11-5-3-4-6-13(11)10-19-17(22)20-14-9-12(16(18)21)7-8-15(14)23-2/h3-9H,10H2,1-2H3,(H2,18,21)(H2,19,20,22). The van der Waals surface area contributed by atoms with Crippen LogP contribution in [0.3, 0.4) is 0 Å². The van der Waals surface area contributed by atoms with Crippen LogP contribution in [-0.4, -0.2) is 19.0 Å². The minimum Gasteiger partial charge on any atom is -0.495 e. The van der Waals surface area contributed by atoms with Crippen LogP contribution in [0.2, 0.25) is 0 Å². The number of nitrogens with two attached hydrogens (primary N) is 1. The second-order valence-electron chi connectivity index (χ2n) is 5.01. The number of hydrogen-bond donors (Lipinski definition) is 3. The third-order valence-electron chi connectivity index (χ3n) is 3.43. The van der Waals surface area contributed by atoms with Crippen molar-refractivity contribution in [3.05, 3.63) is 59.2 Å². The highest BCUT2D eigenvalue weighted by Gasteiger charge is 2.11. The molecule has 4 N–H and O–H groups in total. The van der Waals surface area contributed by atoms with E-state index in [4.69, 9.17) is 10.5 Å². The van der Waals surface area contributed by atoms with Gasteiger partial charge in [-0.15, -0.1) is 0 Å². The van der Waals surface area contributed by atoms with Gasteiger partial charge >= 0.3 is 6.03 Å². The molecule has 0 aliphatic heterocycles. The molecule has 120 valence electrons. The molecule has 3 amide bonds. The third-order valence-corrected chi connectivity index (χ3v) is 3.43. The molecule has 0 aromatic heterocycles. The molecule has 6 nitrogen and oxygen atoms in total. The van der Waals surface area contributed by atoms with E-state index < -0.39 is 11.9 Å². The average Bonchev–Trinajstić information content (AvgIpc) is 2.54. The van der Waals surface area contributed by atoms with Crippen molar-refractivity contribution in [1.29, 1.82) is 0 Å². The van der Waals surface area contributed by atoms with E-state index in [1.807, 2.05) is 31.2 Å². The van der Waals surface area contributed by atoms with Crippen LogP contribution in [0.1, 0.15) is 21.5 Å². The topological polar surface area (TPSA) is 93.4 Å². The van der Waals surface area contributed by atoms with Crippen molar-refractivity contribution in [2.75, 3.05) is 12.4 Å². The number of methoxy groups -OCH3 is 1. The Morgan fingerprint density at radius 2 is 1.91 bits per heavy atom. The van der Waals surface area contributed by atoms with Crippen molar-refractivity contribution in [3.63, 3.8) is 0 Å². The van der Waals surface area contributed by atoms with E-state index in [9.17, 15) is 9.59 Å². The van der Waals surface area contributed by atoms with E-state index in [1.54, 1.807) is 6.07 Å². The molecule has 0 atom stereocenters. The molecule has 6 heteroatoms. The maximum Gasteiger partial charge on any atom is 0.319 e. The fraction of sp³-hybridized carbons (Fsp3) is 0.176. The van der Waals surface area contributed by atoms with E-state index in [0.29, 0.717) is 23.5 Å². The fourth-order valence-electron chi connectivity index (χ4n) is 2.11. The Labute approximate surface area is 134 Å². The van der Waals surface area contributed by atoms with Gasteiger partial charge in [0.2, 0.25) is 5.91 Å². The first-order valence-electron chi connectivity index (χ1n) is 7.08. The van der Waals surface area contributed by atoms with Crippen LogP contribution in [0.4, 0.5) is 10.5 Å². The molecule has 0 unspecified atom stereocenters. The molecule has 0 fully saturated rings. The normalized spacial score (nSPS) is 10.0. The first-order valence-corrected chi connectivity index (χ1v) is 7.08. The zero-order valence-electron chi connectivity index (χ0n) is 13.1.